The van der Waals surface area contributed by atoms with E-state index in [-0.39, 0.29) is 12.1 Å². The minimum Gasteiger partial charge on any atom is -0.458 e. The lowest BCUT2D eigenvalue weighted by molar-refractivity contribution is -0.511. The summed E-state index contributed by atoms with van der Waals surface area (Å²) in [6, 6.07) is 14.5. The standard InChI is InChI=1S/C19H16N2O2/c1-12(23-13(2)22)14-7-8-18-19-16(9-10-21(18)11-14)15-5-3-4-6-17(15)20-19/h3-12H,1-2H3/p+1. The molecule has 3 aromatic heterocycles. The third kappa shape index (κ3) is 2.23. The molecule has 0 fully saturated rings. The molecule has 23 heavy (non-hydrogen) atoms. The molecule has 0 bridgehead atoms. The highest BCUT2D eigenvalue weighted by Gasteiger charge is 2.16. The number of hydrogen-bond acceptors (Lipinski definition) is 2. The summed E-state index contributed by atoms with van der Waals surface area (Å²) in [6.45, 7) is 3.31. The number of hydrogen-bond donors (Lipinski definition) is 1. The Bertz CT molecular complexity index is 1050. The summed E-state index contributed by atoms with van der Waals surface area (Å²) in [4.78, 5) is 14.6. The molecule has 0 saturated heterocycles. The van der Waals surface area contributed by atoms with E-state index >= 15 is 0 Å². The molecule has 0 radical (unpaired) electrons. The van der Waals surface area contributed by atoms with Gasteiger partial charge >= 0.3 is 5.97 Å². The number of ether oxygens (including phenoxy) is 1. The first kappa shape index (κ1) is 13.8. The fraction of sp³-hybridized carbons (Fsp3) is 0.158. The number of aromatic amines is 1. The monoisotopic (exact) mass is 305 g/mol. The molecule has 1 aromatic carbocycles. The molecule has 0 aliphatic carbocycles. The van der Waals surface area contributed by atoms with E-state index in [9.17, 15) is 4.79 Å². The highest BCUT2D eigenvalue weighted by atomic mass is 16.5. The predicted octanol–water partition coefficient (Wildman–Crippen LogP) is 3.68. The van der Waals surface area contributed by atoms with Crippen molar-refractivity contribution in [2.24, 2.45) is 0 Å². The maximum absolute atomic E-state index is 11.1. The Kier molecular flexibility index (Phi) is 3.05. The van der Waals surface area contributed by atoms with Gasteiger partial charge in [-0.3, -0.25) is 4.79 Å². The first-order valence-corrected chi connectivity index (χ1v) is 7.65. The summed E-state index contributed by atoms with van der Waals surface area (Å²) in [5.41, 5.74) is 4.30. The minimum absolute atomic E-state index is 0.261. The summed E-state index contributed by atoms with van der Waals surface area (Å²) in [7, 11) is 0. The highest BCUT2D eigenvalue weighted by molar-refractivity contribution is 6.10. The summed E-state index contributed by atoms with van der Waals surface area (Å²) < 4.78 is 7.32. The molecule has 4 aromatic rings. The Morgan fingerprint density at radius 2 is 1.96 bits per heavy atom. The lowest BCUT2D eigenvalue weighted by atomic mass is 10.1. The number of carbonyl (C=O) groups excluding carboxylic acids is 1. The zero-order valence-corrected chi connectivity index (χ0v) is 13.0. The molecule has 0 aliphatic rings. The molecule has 3 heterocycles. The summed E-state index contributed by atoms with van der Waals surface area (Å²) in [5, 5.41) is 2.43. The van der Waals surface area contributed by atoms with Crippen LogP contribution >= 0.6 is 0 Å². The van der Waals surface area contributed by atoms with Gasteiger partial charge in [-0.15, -0.1) is 0 Å². The first-order valence-electron chi connectivity index (χ1n) is 7.65. The van der Waals surface area contributed by atoms with E-state index in [1.807, 2.05) is 31.5 Å². The van der Waals surface area contributed by atoms with Crippen LogP contribution in [0.1, 0.15) is 25.5 Å². The number of rotatable bonds is 2. The van der Waals surface area contributed by atoms with Crippen LogP contribution in [0.2, 0.25) is 0 Å². The third-order valence-corrected chi connectivity index (χ3v) is 4.22. The van der Waals surface area contributed by atoms with E-state index in [4.69, 9.17) is 4.74 Å². The smallest absolute Gasteiger partial charge is 0.303 e. The fourth-order valence-corrected chi connectivity index (χ4v) is 3.12. The van der Waals surface area contributed by atoms with Crippen molar-refractivity contribution in [1.29, 1.82) is 0 Å². The van der Waals surface area contributed by atoms with Crippen LogP contribution < -0.4 is 4.40 Å². The van der Waals surface area contributed by atoms with Gasteiger partial charge in [-0.2, -0.15) is 4.40 Å². The van der Waals surface area contributed by atoms with Crippen molar-refractivity contribution >= 4 is 33.3 Å². The van der Waals surface area contributed by atoms with Gasteiger partial charge in [0.1, 0.15) is 11.6 Å². The molecule has 1 unspecified atom stereocenters. The van der Waals surface area contributed by atoms with Crippen LogP contribution in [0.3, 0.4) is 0 Å². The largest absolute Gasteiger partial charge is 0.458 e. The molecular formula is C19H17N2O2+. The van der Waals surface area contributed by atoms with Gasteiger partial charge < -0.3 is 9.72 Å². The van der Waals surface area contributed by atoms with Crippen molar-refractivity contribution in [2.45, 2.75) is 20.0 Å². The van der Waals surface area contributed by atoms with E-state index < -0.39 is 0 Å². The molecular weight excluding hydrogens is 288 g/mol. The van der Waals surface area contributed by atoms with E-state index in [1.54, 1.807) is 0 Å². The van der Waals surface area contributed by atoms with Crippen LogP contribution in [0, 0.1) is 0 Å². The van der Waals surface area contributed by atoms with Crippen molar-refractivity contribution in [3.05, 3.63) is 60.4 Å². The van der Waals surface area contributed by atoms with E-state index in [0.29, 0.717) is 0 Å². The lowest BCUT2D eigenvalue weighted by Gasteiger charge is -2.10. The van der Waals surface area contributed by atoms with Gasteiger partial charge in [-0.1, -0.05) is 18.2 Å². The van der Waals surface area contributed by atoms with Gasteiger partial charge in [0, 0.05) is 35.3 Å². The summed E-state index contributed by atoms with van der Waals surface area (Å²) in [6.07, 6.45) is 3.79. The van der Waals surface area contributed by atoms with Gasteiger partial charge in [0.05, 0.1) is 5.56 Å². The third-order valence-electron chi connectivity index (χ3n) is 4.22. The maximum atomic E-state index is 11.1. The molecule has 4 heteroatoms. The Morgan fingerprint density at radius 1 is 1.13 bits per heavy atom. The summed E-state index contributed by atoms with van der Waals surface area (Å²) in [5.74, 6) is -0.270. The molecule has 0 spiro atoms. The molecule has 1 atom stereocenters. The predicted molar refractivity (Wildman–Crippen MR) is 89.1 cm³/mol. The second kappa shape index (κ2) is 5.09. The Balaban J connectivity index is 1.92. The lowest BCUT2D eigenvalue weighted by Crippen LogP contribution is -2.22. The number of fused-ring (bicyclic) bond motifs is 5. The van der Waals surface area contributed by atoms with Crippen LogP contribution in [0.25, 0.3) is 27.3 Å². The van der Waals surface area contributed by atoms with Crippen LogP contribution in [0.5, 0.6) is 0 Å². The first-order chi connectivity index (χ1) is 11.1. The zero-order valence-electron chi connectivity index (χ0n) is 13.0. The fourth-order valence-electron chi connectivity index (χ4n) is 3.12. The van der Waals surface area contributed by atoms with E-state index in [1.165, 1.54) is 17.7 Å². The SMILES string of the molecule is CC(=O)OC(C)c1ccc2c3[nH]c4ccccc4c3cc[n+]2c1. The number of pyridine rings is 2. The number of nitrogens with one attached hydrogen (secondary N) is 1. The number of nitrogens with zero attached hydrogens (tertiary/aromatic N) is 1. The van der Waals surface area contributed by atoms with Crippen molar-refractivity contribution in [1.82, 2.24) is 4.98 Å². The quantitative estimate of drug-likeness (QED) is 0.453. The zero-order chi connectivity index (χ0) is 16.0. The average Bonchev–Trinajstić information content (AvgIpc) is 2.92. The van der Waals surface area contributed by atoms with Crippen LogP contribution in [0.15, 0.2) is 54.9 Å². The van der Waals surface area contributed by atoms with Gasteiger partial charge in [0.15, 0.2) is 12.4 Å². The Labute approximate surface area is 133 Å². The topological polar surface area (TPSA) is 46.2 Å². The van der Waals surface area contributed by atoms with Crippen molar-refractivity contribution in [3.8, 4) is 0 Å². The average molecular weight is 305 g/mol. The highest BCUT2D eigenvalue weighted by Crippen LogP contribution is 2.27. The second-order valence-corrected chi connectivity index (χ2v) is 5.78. The molecule has 4 rings (SSSR count). The van der Waals surface area contributed by atoms with Crippen LogP contribution in [-0.2, 0) is 9.53 Å². The molecule has 0 amide bonds. The number of H-pyrrole nitrogens is 1. The Hall–Kier alpha value is -2.88. The minimum atomic E-state index is -0.270. The van der Waals surface area contributed by atoms with Crippen molar-refractivity contribution in [2.75, 3.05) is 0 Å². The molecule has 0 saturated carbocycles. The molecule has 4 nitrogen and oxygen atoms in total. The molecule has 114 valence electrons. The van der Waals surface area contributed by atoms with Gasteiger partial charge in [-0.05, 0) is 19.1 Å². The maximum Gasteiger partial charge on any atom is 0.303 e. The second-order valence-electron chi connectivity index (χ2n) is 5.78. The normalized spacial score (nSPS) is 12.8. The summed E-state index contributed by atoms with van der Waals surface area (Å²) >= 11 is 0. The van der Waals surface area contributed by atoms with E-state index in [2.05, 4.69) is 39.7 Å². The number of aromatic nitrogens is 2. The number of para-hydroxylation sites is 1. The van der Waals surface area contributed by atoms with Crippen LogP contribution in [-0.4, -0.2) is 11.0 Å². The van der Waals surface area contributed by atoms with E-state index in [0.717, 1.165) is 22.1 Å². The van der Waals surface area contributed by atoms with Gasteiger partial charge in [0.2, 0.25) is 5.52 Å². The van der Waals surface area contributed by atoms with Gasteiger partial charge in [-0.25, -0.2) is 0 Å². The number of benzene rings is 1. The van der Waals surface area contributed by atoms with Crippen LogP contribution in [0.4, 0.5) is 0 Å². The Morgan fingerprint density at radius 3 is 2.78 bits per heavy atom. The number of esters is 1. The van der Waals surface area contributed by atoms with Crippen molar-refractivity contribution in [3.63, 3.8) is 0 Å². The van der Waals surface area contributed by atoms with Gasteiger partial charge in [0.25, 0.3) is 0 Å². The van der Waals surface area contributed by atoms with Crippen molar-refractivity contribution < 1.29 is 13.9 Å². The number of carbonyl (C=O) groups is 1. The molecule has 0 aliphatic heterocycles. The molecule has 1 N–H and O–H groups in total.